The molecule has 0 atom stereocenters. The van der Waals surface area contributed by atoms with Gasteiger partial charge in [0.15, 0.2) is 11.5 Å². The summed E-state index contributed by atoms with van der Waals surface area (Å²) < 4.78 is 11.8. The minimum atomic E-state index is 0.544. The van der Waals surface area contributed by atoms with Crippen LogP contribution >= 0.6 is 0 Å². The van der Waals surface area contributed by atoms with Crippen molar-refractivity contribution in [1.82, 2.24) is 0 Å². The zero-order chi connectivity index (χ0) is 13.5. The van der Waals surface area contributed by atoms with Crippen LogP contribution < -0.4 is 15.2 Å². The fourth-order valence-corrected chi connectivity index (χ4v) is 2.60. The Morgan fingerprint density at radius 3 is 2.25 bits per heavy atom. The van der Waals surface area contributed by atoms with Crippen molar-refractivity contribution in [2.24, 2.45) is 10.7 Å². The molecule has 0 saturated heterocycles. The lowest BCUT2D eigenvalue weighted by Gasteiger charge is -2.20. The highest BCUT2D eigenvalue weighted by molar-refractivity contribution is 6.01. The molecule has 0 aliphatic carbocycles. The molecule has 4 heteroatoms. The summed E-state index contributed by atoms with van der Waals surface area (Å²) in [5, 5.41) is 0. The fourth-order valence-electron chi connectivity index (χ4n) is 2.60. The number of aliphatic imine (C=N–C) groups is 1. The van der Waals surface area contributed by atoms with Crippen molar-refractivity contribution in [2.75, 3.05) is 0 Å². The lowest BCUT2D eigenvalue weighted by Crippen LogP contribution is -2.12. The molecular weight excluding hydrogens is 252 g/mol. The summed E-state index contributed by atoms with van der Waals surface area (Å²) in [5.74, 6) is 2.08. The molecule has 20 heavy (non-hydrogen) atoms. The third-order valence-corrected chi connectivity index (χ3v) is 3.75. The number of nitrogens with two attached hydrogens (primary N) is 1. The highest BCUT2D eigenvalue weighted by Crippen LogP contribution is 2.35. The Balaban J connectivity index is 1.74. The van der Waals surface area contributed by atoms with Crippen molar-refractivity contribution in [3.8, 4) is 11.5 Å². The number of hydrogen-bond donors (Lipinski definition) is 1. The van der Waals surface area contributed by atoms with Crippen molar-refractivity contribution < 1.29 is 9.47 Å². The van der Waals surface area contributed by atoms with E-state index in [4.69, 9.17) is 15.2 Å². The van der Waals surface area contributed by atoms with E-state index in [1.165, 1.54) is 0 Å². The second kappa shape index (κ2) is 4.27. The summed E-state index contributed by atoms with van der Waals surface area (Å²) in [6.45, 7) is 1.72. The molecule has 4 rings (SSSR count). The van der Waals surface area contributed by atoms with Gasteiger partial charge in [-0.2, -0.15) is 0 Å². The van der Waals surface area contributed by atoms with Gasteiger partial charge in [-0.15, -0.1) is 0 Å². The van der Waals surface area contributed by atoms with Crippen LogP contribution in [0.5, 0.6) is 11.5 Å². The Bertz CT molecular complexity index is 722. The zero-order valence-corrected chi connectivity index (χ0v) is 10.9. The molecule has 100 valence electrons. The average molecular weight is 266 g/mol. The van der Waals surface area contributed by atoms with Crippen LogP contribution in [0.4, 0.5) is 0 Å². The van der Waals surface area contributed by atoms with Gasteiger partial charge in [-0.1, -0.05) is 24.3 Å². The van der Waals surface area contributed by atoms with Crippen LogP contribution in [0.25, 0.3) is 0 Å². The monoisotopic (exact) mass is 266 g/mol. The van der Waals surface area contributed by atoms with Gasteiger partial charge in [-0.3, -0.25) is 4.99 Å². The molecule has 2 aliphatic rings. The summed E-state index contributed by atoms with van der Waals surface area (Å²) in [6.07, 6.45) is 0. The van der Waals surface area contributed by atoms with E-state index in [0.717, 1.165) is 33.8 Å². The summed E-state index contributed by atoms with van der Waals surface area (Å²) in [4.78, 5) is 4.24. The SMILES string of the molecule is NC1=NCc2cc3c(cc21)OCc1ccccc1CO3. The van der Waals surface area contributed by atoms with Crippen molar-refractivity contribution in [1.29, 1.82) is 0 Å². The predicted octanol–water partition coefficient (Wildman–Crippen LogP) is 2.38. The van der Waals surface area contributed by atoms with Crippen molar-refractivity contribution >= 4 is 5.84 Å². The van der Waals surface area contributed by atoms with Gasteiger partial charge in [0, 0.05) is 5.56 Å². The standard InChI is InChI=1S/C16H14N2O2/c17-16-13-6-15-14(5-12(13)7-18-16)19-8-10-3-1-2-4-11(10)9-20-15/h1-6H,7-9H2,(H2,17,18). The summed E-state index contributed by atoms with van der Waals surface area (Å²) in [7, 11) is 0. The highest BCUT2D eigenvalue weighted by atomic mass is 16.5. The molecule has 0 fully saturated rings. The normalized spacial score (nSPS) is 15.7. The van der Waals surface area contributed by atoms with E-state index in [2.05, 4.69) is 17.1 Å². The number of fused-ring (bicyclic) bond motifs is 3. The molecule has 0 spiro atoms. The molecule has 0 aromatic heterocycles. The van der Waals surface area contributed by atoms with Gasteiger partial charge in [0.05, 0.1) is 6.54 Å². The van der Waals surface area contributed by atoms with E-state index >= 15 is 0 Å². The van der Waals surface area contributed by atoms with Crippen LogP contribution in [0.15, 0.2) is 41.4 Å². The number of nitrogens with zero attached hydrogens (tertiary/aromatic N) is 1. The first-order valence-electron chi connectivity index (χ1n) is 6.61. The number of rotatable bonds is 0. The molecule has 2 aromatic carbocycles. The minimum absolute atomic E-state index is 0.544. The molecule has 0 unspecified atom stereocenters. The summed E-state index contributed by atoms with van der Waals surface area (Å²) >= 11 is 0. The molecule has 0 radical (unpaired) electrons. The van der Waals surface area contributed by atoms with E-state index in [0.29, 0.717) is 25.6 Å². The van der Waals surface area contributed by atoms with E-state index < -0.39 is 0 Å². The van der Waals surface area contributed by atoms with E-state index in [9.17, 15) is 0 Å². The molecule has 4 nitrogen and oxygen atoms in total. The van der Waals surface area contributed by atoms with Gasteiger partial charge in [0.25, 0.3) is 0 Å². The predicted molar refractivity (Wildman–Crippen MR) is 76.0 cm³/mol. The summed E-state index contributed by atoms with van der Waals surface area (Å²) in [5.41, 5.74) is 10.2. The highest BCUT2D eigenvalue weighted by Gasteiger charge is 2.20. The maximum Gasteiger partial charge on any atom is 0.162 e. The molecule has 2 aromatic rings. The minimum Gasteiger partial charge on any atom is -0.485 e. The van der Waals surface area contributed by atoms with Crippen LogP contribution in [-0.2, 0) is 19.8 Å². The fraction of sp³-hybridized carbons (Fsp3) is 0.188. The van der Waals surface area contributed by atoms with E-state index in [-0.39, 0.29) is 0 Å². The Morgan fingerprint density at radius 2 is 1.55 bits per heavy atom. The summed E-state index contributed by atoms with van der Waals surface area (Å²) in [6, 6.07) is 12.1. The topological polar surface area (TPSA) is 56.8 Å². The first-order valence-corrected chi connectivity index (χ1v) is 6.61. The lowest BCUT2D eigenvalue weighted by molar-refractivity contribution is 0.237. The molecule has 0 saturated carbocycles. The van der Waals surface area contributed by atoms with Crippen LogP contribution in [0.1, 0.15) is 22.3 Å². The van der Waals surface area contributed by atoms with Crippen LogP contribution in [-0.4, -0.2) is 5.84 Å². The third kappa shape index (κ3) is 1.72. The second-order valence-electron chi connectivity index (χ2n) is 5.00. The first-order chi connectivity index (χ1) is 9.81. The van der Waals surface area contributed by atoms with Crippen molar-refractivity contribution in [2.45, 2.75) is 19.8 Å². The average Bonchev–Trinajstić information content (AvgIpc) is 2.81. The van der Waals surface area contributed by atoms with Crippen LogP contribution in [0.3, 0.4) is 0 Å². The molecule has 0 bridgehead atoms. The number of amidine groups is 1. The Morgan fingerprint density at radius 1 is 0.900 bits per heavy atom. The maximum absolute atomic E-state index is 5.90. The van der Waals surface area contributed by atoms with Crippen LogP contribution in [0.2, 0.25) is 0 Å². The Hall–Kier alpha value is -2.49. The molecule has 0 amide bonds. The first kappa shape index (κ1) is 11.3. The zero-order valence-electron chi connectivity index (χ0n) is 10.9. The van der Waals surface area contributed by atoms with Crippen molar-refractivity contribution in [3.63, 3.8) is 0 Å². The molecule has 2 aliphatic heterocycles. The third-order valence-electron chi connectivity index (χ3n) is 3.75. The molecule has 2 heterocycles. The van der Waals surface area contributed by atoms with E-state index in [1.54, 1.807) is 0 Å². The smallest absolute Gasteiger partial charge is 0.162 e. The van der Waals surface area contributed by atoms with Gasteiger partial charge in [-0.25, -0.2) is 0 Å². The van der Waals surface area contributed by atoms with Gasteiger partial charge >= 0.3 is 0 Å². The number of ether oxygens (including phenoxy) is 2. The maximum atomic E-state index is 5.90. The van der Waals surface area contributed by atoms with Crippen LogP contribution in [0, 0.1) is 0 Å². The number of hydrogen-bond acceptors (Lipinski definition) is 4. The Labute approximate surface area is 116 Å². The number of benzene rings is 2. The molecular formula is C16H14N2O2. The van der Waals surface area contributed by atoms with Gasteiger partial charge in [0.2, 0.25) is 0 Å². The Kier molecular flexibility index (Phi) is 2.42. The van der Waals surface area contributed by atoms with Crippen molar-refractivity contribution in [3.05, 3.63) is 58.7 Å². The lowest BCUT2D eigenvalue weighted by atomic mass is 10.1. The van der Waals surface area contributed by atoms with E-state index in [1.807, 2.05) is 24.3 Å². The largest absolute Gasteiger partial charge is 0.485 e. The van der Waals surface area contributed by atoms with Gasteiger partial charge in [-0.05, 0) is 28.8 Å². The van der Waals surface area contributed by atoms with Gasteiger partial charge in [0.1, 0.15) is 19.0 Å². The quantitative estimate of drug-likeness (QED) is 0.796. The molecule has 2 N–H and O–H groups in total. The van der Waals surface area contributed by atoms with Gasteiger partial charge < -0.3 is 15.2 Å². The second-order valence-corrected chi connectivity index (χ2v) is 5.00.